The summed E-state index contributed by atoms with van der Waals surface area (Å²) in [5.74, 6) is -1.20. The maximum absolute atomic E-state index is 13.0. The lowest BCUT2D eigenvalue weighted by molar-refractivity contribution is -0.131. The van der Waals surface area contributed by atoms with Crippen LogP contribution >= 0.6 is 0 Å². The second kappa shape index (κ2) is 6.55. The Labute approximate surface area is 127 Å². The number of imide groups is 1. The molecule has 0 bridgehead atoms. The summed E-state index contributed by atoms with van der Waals surface area (Å²) in [5.41, 5.74) is 0.274. The van der Waals surface area contributed by atoms with Crippen LogP contribution in [0.5, 0.6) is 0 Å². The number of anilines is 1. The zero-order chi connectivity index (χ0) is 16.3. The van der Waals surface area contributed by atoms with Crippen LogP contribution in [0.1, 0.15) is 20.3 Å². The zero-order valence-corrected chi connectivity index (χ0v) is 12.4. The Balaban J connectivity index is 1.96. The van der Waals surface area contributed by atoms with Crippen LogP contribution in [-0.4, -0.2) is 35.3 Å². The second-order valence-corrected chi connectivity index (χ2v) is 5.61. The molecule has 0 aliphatic carbocycles. The number of hydrogen-bond donors (Lipinski definition) is 2. The van der Waals surface area contributed by atoms with Gasteiger partial charge in [0, 0.05) is 5.69 Å². The summed E-state index contributed by atoms with van der Waals surface area (Å²) in [6.07, 6.45) is 0.520. The van der Waals surface area contributed by atoms with Gasteiger partial charge in [-0.05, 0) is 30.5 Å². The molecule has 2 N–H and O–H groups in total. The molecule has 0 spiro atoms. The highest BCUT2D eigenvalue weighted by Gasteiger charge is 2.38. The molecular formula is C15H18FN3O3. The van der Waals surface area contributed by atoms with E-state index < -0.39 is 36.2 Å². The van der Waals surface area contributed by atoms with E-state index in [4.69, 9.17) is 0 Å². The van der Waals surface area contributed by atoms with Crippen LogP contribution in [-0.2, 0) is 9.59 Å². The van der Waals surface area contributed by atoms with Gasteiger partial charge in [-0.15, -0.1) is 0 Å². The van der Waals surface area contributed by atoms with Crippen LogP contribution in [0.25, 0.3) is 0 Å². The number of carbonyl (C=O) groups is 3. The topological polar surface area (TPSA) is 78.5 Å². The maximum atomic E-state index is 13.0. The molecule has 2 rings (SSSR count). The Bertz CT molecular complexity index is 603. The number of nitrogens with zero attached hydrogens (tertiary/aromatic N) is 1. The fraction of sp³-hybridized carbons (Fsp3) is 0.400. The van der Waals surface area contributed by atoms with Crippen molar-refractivity contribution < 1.29 is 18.8 Å². The molecule has 1 heterocycles. The summed E-state index contributed by atoms with van der Waals surface area (Å²) in [6, 6.07) is 4.22. The molecule has 1 fully saturated rings. The van der Waals surface area contributed by atoms with E-state index in [2.05, 4.69) is 10.6 Å². The summed E-state index contributed by atoms with van der Waals surface area (Å²) >= 11 is 0. The minimum Gasteiger partial charge on any atom is -0.326 e. The van der Waals surface area contributed by atoms with Gasteiger partial charge >= 0.3 is 6.03 Å². The summed E-state index contributed by atoms with van der Waals surface area (Å²) in [4.78, 5) is 36.6. The van der Waals surface area contributed by atoms with Crippen LogP contribution in [0.4, 0.5) is 14.9 Å². The lowest BCUT2D eigenvalue weighted by Gasteiger charge is -2.13. The monoisotopic (exact) mass is 307 g/mol. The average molecular weight is 307 g/mol. The van der Waals surface area contributed by atoms with Crippen molar-refractivity contribution in [3.8, 4) is 0 Å². The summed E-state index contributed by atoms with van der Waals surface area (Å²) in [7, 11) is 0. The molecular weight excluding hydrogens is 289 g/mol. The van der Waals surface area contributed by atoms with Gasteiger partial charge in [-0.2, -0.15) is 0 Å². The summed E-state index contributed by atoms with van der Waals surface area (Å²) in [6.45, 7) is 3.49. The van der Waals surface area contributed by atoms with Crippen LogP contribution in [0.2, 0.25) is 0 Å². The van der Waals surface area contributed by atoms with Crippen LogP contribution in [0, 0.1) is 11.7 Å². The quantitative estimate of drug-likeness (QED) is 0.813. The standard InChI is InChI=1S/C15H18FN3O3/c1-9(2)6-12-14(21)19(15(22)18-12)8-13(20)17-11-5-3-4-10(16)7-11/h3-5,7,9,12H,6,8H2,1-2H3,(H,17,20)(H,18,22)/t12-/m0/s1. The molecule has 4 amide bonds. The maximum Gasteiger partial charge on any atom is 0.325 e. The molecule has 1 aliphatic rings. The first-order chi connectivity index (χ1) is 10.4. The molecule has 1 aliphatic heterocycles. The molecule has 1 aromatic rings. The van der Waals surface area contributed by atoms with Gasteiger partial charge in [0.1, 0.15) is 18.4 Å². The minimum atomic E-state index is -0.588. The first-order valence-corrected chi connectivity index (χ1v) is 7.04. The number of benzene rings is 1. The molecule has 118 valence electrons. The second-order valence-electron chi connectivity index (χ2n) is 5.61. The highest BCUT2D eigenvalue weighted by atomic mass is 19.1. The predicted molar refractivity (Wildman–Crippen MR) is 78.5 cm³/mol. The molecule has 1 saturated heterocycles. The molecule has 0 aromatic heterocycles. The number of nitrogens with one attached hydrogen (secondary N) is 2. The van der Waals surface area contributed by atoms with Crippen molar-refractivity contribution in [1.29, 1.82) is 0 Å². The van der Waals surface area contributed by atoms with Gasteiger partial charge in [-0.1, -0.05) is 19.9 Å². The van der Waals surface area contributed by atoms with E-state index in [1.165, 1.54) is 18.2 Å². The molecule has 1 aromatic carbocycles. The van der Waals surface area contributed by atoms with Gasteiger partial charge in [-0.3, -0.25) is 14.5 Å². The van der Waals surface area contributed by atoms with Gasteiger partial charge in [0.2, 0.25) is 5.91 Å². The van der Waals surface area contributed by atoms with Gasteiger partial charge in [0.05, 0.1) is 0 Å². The first kappa shape index (κ1) is 15.9. The third-order valence-corrected chi connectivity index (χ3v) is 3.22. The SMILES string of the molecule is CC(C)C[C@@H]1NC(=O)N(CC(=O)Nc2cccc(F)c2)C1=O. The lowest BCUT2D eigenvalue weighted by Crippen LogP contribution is -2.38. The number of amides is 4. The molecule has 1 atom stereocenters. The van der Waals surface area contributed by atoms with Crippen molar-refractivity contribution in [3.63, 3.8) is 0 Å². The van der Waals surface area contributed by atoms with E-state index in [9.17, 15) is 18.8 Å². The molecule has 0 saturated carbocycles. The highest BCUT2D eigenvalue weighted by molar-refractivity contribution is 6.07. The number of rotatable bonds is 5. The number of urea groups is 1. The van der Waals surface area contributed by atoms with Crippen molar-refractivity contribution in [2.75, 3.05) is 11.9 Å². The zero-order valence-electron chi connectivity index (χ0n) is 12.4. The summed E-state index contributed by atoms with van der Waals surface area (Å²) in [5, 5.41) is 5.01. The fourth-order valence-corrected chi connectivity index (χ4v) is 2.27. The van der Waals surface area contributed by atoms with Crippen molar-refractivity contribution in [2.24, 2.45) is 5.92 Å². The van der Waals surface area contributed by atoms with E-state index in [-0.39, 0.29) is 11.6 Å². The third-order valence-electron chi connectivity index (χ3n) is 3.22. The van der Waals surface area contributed by atoms with Crippen molar-refractivity contribution >= 4 is 23.5 Å². The van der Waals surface area contributed by atoms with E-state index >= 15 is 0 Å². The third kappa shape index (κ3) is 3.81. The highest BCUT2D eigenvalue weighted by Crippen LogP contribution is 2.15. The Hall–Kier alpha value is -2.44. The van der Waals surface area contributed by atoms with Gasteiger partial charge in [0.15, 0.2) is 0 Å². The smallest absolute Gasteiger partial charge is 0.325 e. The van der Waals surface area contributed by atoms with E-state index in [1.807, 2.05) is 13.8 Å². The Kier molecular flexibility index (Phi) is 4.75. The first-order valence-electron chi connectivity index (χ1n) is 7.04. The molecule has 22 heavy (non-hydrogen) atoms. The van der Waals surface area contributed by atoms with Crippen molar-refractivity contribution in [2.45, 2.75) is 26.3 Å². The Morgan fingerprint density at radius 1 is 1.41 bits per heavy atom. The Morgan fingerprint density at radius 3 is 2.77 bits per heavy atom. The van der Waals surface area contributed by atoms with E-state index in [0.29, 0.717) is 6.42 Å². The number of halogens is 1. The Morgan fingerprint density at radius 2 is 2.14 bits per heavy atom. The predicted octanol–water partition coefficient (Wildman–Crippen LogP) is 1.73. The number of carbonyl (C=O) groups excluding carboxylic acids is 3. The van der Waals surface area contributed by atoms with Crippen molar-refractivity contribution in [1.82, 2.24) is 10.2 Å². The normalized spacial score (nSPS) is 17.8. The van der Waals surface area contributed by atoms with Gasteiger partial charge in [-0.25, -0.2) is 9.18 Å². The number of hydrogen-bond acceptors (Lipinski definition) is 3. The van der Waals surface area contributed by atoms with Crippen LogP contribution < -0.4 is 10.6 Å². The van der Waals surface area contributed by atoms with Gasteiger partial charge < -0.3 is 10.6 Å². The minimum absolute atomic E-state index is 0.246. The lowest BCUT2D eigenvalue weighted by atomic mass is 10.0. The summed E-state index contributed by atoms with van der Waals surface area (Å²) < 4.78 is 13.0. The van der Waals surface area contributed by atoms with E-state index in [0.717, 1.165) is 11.0 Å². The molecule has 7 heteroatoms. The van der Waals surface area contributed by atoms with Gasteiger partial charge in [0.25, 0.3) is 5.91 Å². The largest absolute Gasteiger partial charge is 0.326 e. The molecule has 0 radical (unpaired) electrons. The average Bonchev–Trinajstić information content (AvgIpc) is 2.66. The van der Waals surface area contributed by atoms with Crippen LogP contribution in [0.15, 0.2) is 24.3 Å². The molecule has 0 unspecified atom stereocenters. The van der Waals surface area contributed by atoms with Crippen molar-refractivity contribution in [3.05, 3.63) is 30.1 Å². The van der Waals surface area contributed by atoms with Crippen LogP contribution in [0.3, 0.4) is 0 Å². The fourth-order valence-electron chi connectivity index (χ4n) is 2.27. The molecule has 6 nitrogen and oxygen atoms in total. The van der Waals surface area contributed by atoms with E-state index in [1.54, 1.807) is 0 Å².